The number of nitrogens with zero attached hydrogens (tertiary/aromatic N) is 3. The number of rotatable bonds is 3. The molecule has 2 aliphatic carbocycles. The molecule has 0 radical (unpaired) electrons. The van der Waals surface area contributed by atoms with E-state index in [2.05, 4.69) is 4.90 Å². The summed E-state index contributed by atoms with van der Waals surface area (Å²) in [6.45, 7) is 5.44. The average molecular weight is 363 g/mol. The number of carbonyl (C=O) groups excluding carboxylic acids is 2. The van der Waals surface area contributed by atoms with Gasteiger partial charge < -0.3 is 15.5 Å². The molecule has 2 saturated heterocycles. The van der Waals surface area contributed by atoms with E-state index in [1.165, 1.54) is 25.7 Å². The van der Waals surface area contributed by atoms with E-state index in [0.717, 1.165) is 58.5 Å². The van der Waals surface area contributed by atoms with Gasteiger partial charge in [0.25, 0.3) is 0 Å². The zero-order valence-electron chi connectivity index (χ0n) is 15.9. The summed E-state index contributed by atoms with van der Waals surface area (Å²) in [6.07, 6.45) is 8.31. The Kier molecular flexibility index (Phi) is 5.50. The third-order valence-electron chi connectivity index (χ3n) is 7.27. The first-order valence-corrected chi connectivity index (χ1v) is 10.7. The molecule has 0 aromatic carbocycles. The zero-order chi connectivity index (χ0) is 18.1. The van der Waals surface area contributed by atoms with Gasteiger partial charge in [0.15, 0.2) is 0 Å². The smallest absolute Gasteiger partial charge is 0.236 e. The fraction of sp³-hybridized carbons (Fsp3) is 0.900. The van der Waals surface area contributed by atoms with Gasteiger partial charge in [0.05, 0.1) is 12.5 Å². The normalized spacial score (nSPS) is 35.6. The number of hydrogen-bond acceptors (Lipinski definition) is 4. The van der Waals surface area contributed by atoms with Crippen molar-refractivity contribution < 1.29 is 9.59 Å². The van der Waals surface area contributed by atoms with Gasteiger partial charge in [-0.15, -0.1) is 0 Å². The second kappa shape index (κ2) is 7.85. The number of fused-ring (bicyclic) bond motifs is 2. The Morgan fingerprint density at radius 2 is 1.46 bits per heavy atom. The highest BCUT2D eigenvalue weighted by Crippen LogP contribution is 2.48. The van der Waals surface area contributed by atoms with E-state index in [0.29, 0.717) is 18.4 Å². The second-order valence-electron chi connectivity index (χ2n) is 8.83. The van der Waals surface area contributed by atoms with Crippen molar-refractivity contribution in [2.75, 3.05) is 45.8 Å². The fourth-order valence-corrected chi connectivity index (χ4v) is 5.65. The lowest BCUT2D eigenvalue weighted by molar-refractivity contribution is -0.140. The number of likely N-dealkylation sites (tertiary alicyclic amines) is 1. The van der Waals surface area contributed by atoms with E-state index in [4.69, 9.17) is 5.73 Å². The predicted molar refractivity (Wildman–Crippen MR) is 100 cm³/mol. The van der Waals surface area contributed by atoms with Crippen LogP contribution in [0.25, 0.3) is 0 Å². The maximum absolute atomic E-state index is 13.0. The lowest BCUT2D eigenvalue weighted by atomic mass is 9.84. The molecule has 2 aliphatic heterocycles. The van der Waals surface area contributed by atoms with E-state index in [-0.39, 0.29) is 23.8 Å². The molecule has 0 aromatic rings. The first-order chi connectivity index (χ1) is 12.6. The summed E-state index contributed by atoms with van der Waals surface area (Å²) in [7, 11) is 0. The van der Waals surface area contributed by atoms with E-state index in [1.807, 2.05) is 9.80 Å². The van der Waals surface area contributed by atoms with Crippen LogP contribution in [0.5, 0.6) is 0 Å². The molecule has 2 amide bonds. The number of nitrogens with two attached hydrogens (primary N) is 1. The van der Waals surface area contributed by atoms with E-state index >= 15 is 0 Å². The number of carbonyl (C=O) groups is 2. The van der Waals surface area contributed by atoms with Crippen molar-refractivity contribution in [1.82, 2.24) is 14.7 Å². The van der Waals surface area contributed by atoms with Crippen LogP contribution in [0.4, 0.5) is 0 Å². The highest BCUT2D eigenvalue weighted by atomic mass is 16.2. The Hall–Kier alpha value is -1.14. The van der Waals surface area contributed by atoms with Gasteiger partial charge in [-0.1, -0.05) is 12.8 Å². The summed E-state index contributed by atoms with van der Waals surface area (Å²) in [5, 5.41) is 0. The first-order valence-electron chi connectivity index (χ1n) is 10.7. The Labute approximate surface area is 157 Å². The molecular formula is C20H34N4O2. The molecule has 26 heavy (non-hydrogen) atoms. The summed E-state index contributed by atoms with van der Waals surface area (Å²) in [6, 6.07) is 0.0730. The van der Waals surface area contributed by atoms with Gasteiger partial charge in [-0.05, 0) is 43.9 Å². The van der Waals surface area contributed by atoms with E-state index in [9.17, 15) is 9.59 Å². The van der Waals surface area contributed by atoms with Crippen molar-refractivity contribution in [2.24, 2.45) is 23.5 Å². The molecule has 2 heterocycles. The third kappa shape index (κ3) is 3.63. The summed E-state index contributed by atoms with van der Waals surface area (Å²) in [5.74, 6) is 1.69. The predicted octanol–water partition coefficient (Wildman–Crippen LogP) is 0.907. The largest absolute Gasteiger partial charge is 0.342 e. The molecule has 2 bridgehead atoms. The van der Waals surface area contributed by atoms with E-state index < -0.39 is 0 Å². The molecule has 4 aliphatic rings. The standard InChI is InChI=1S/C20H34N4O2/c21-19-16-6-5-15(13-16)18(19)20(26)24-11-9-22(10-12-24)14-17(25)23-7-3-1-2-4-8-23/h15-16,18-19H,1-14,21H2. The van der Waals surface area contributed by atoms with Gasteiger partial charge in [0, 0.05) is 45.3 Å². The molecule has 146 valence electrons. The molecule has 6 nitrogen and oxygen atoms in total. The van der Waals surface area contributed by atoms with Gasteiger partial charge in [-0.3, -0.25) is 14.5 Å². The van der Waals surface area contributed by atoms with Crippen LogP contribution in [-0.4, -0.2) is 78.4 Å². The maximum Gasteiger partial charge on any atom is 0.236 e. The summed E-state index contributed by atoms with van der Waals surface area (Å²) >= 11 is 0. The van der Waals surface area contributed by atoms with Gasteiger partial charge in [0.1, 0.15) is 0 Å². The van der Waals surface area contributed by atoms with Crippen LogP contribution < -0.4 is 5.73 Å². The minimum Gasteiger partial charge on any atom is -0.342 e. The van der Waals surface area contributed by atoms with Gasteiger partial charge in [0.2, 0.25) is 11.8 Å². The monoisotopic (exact) mass is 362 g/mol. The van der Waals surface area contributed by atoms with Crippen molar-refractivity contribution in [3.8, 4) is 0 Å². The Bertz CT molecular complexity index is 522. The highest BCUT2D eigenvalue weighted by Gasteiger charge is 2.50. The van der Waals surface area contributed by atoms with Crippen LogP contribution in [0.3, 0.4) is 0 Å². The quantitative estimate of drug-likeness (QED) is 0.810. The van der Waals surface area contributed by atoms with Crippen LogP contribution in [0.2, 0.25) is 0 Å². The Morgan fingerprint density at radius 1 is 0.808 bits per heavy atom. The lowest BCUT2D eigenvalue weighted by Crippen LogP contribution is -2.55. The van der Waals surface area contributed by atoms with Crippen LogP contribution in [0, 0.1) is 17.8 Å². The molecule has 4 fully saturated rings. The zero-order valence-corrected chi connectivity index (χ0v) is 15.9. The maximum atomic E-state index is 13.0. The molecule has 0 spiro atoms. The Morgan fingerprint density at radius 3 is 2.08 bits per heavy atom. The molecule has 2 saturated carbocycles. The summed E-state index contributed by atoms with van der Waals surface area (Å²) < 4.78 is 0. The van der Waals surface area contributed by atoms with Crippen LogP contribution >= 0.6 is 0 Å². The summed E-state index contributed by atoms with van der Waals surface area (Å²) in [4.78, 5) is 31.8. The van der Waals surface area contributed by atoms with Crippen molar-refractivity contribution in [3.05, 3.63) is 0 Å². The SMILES string of the molecule is NC1C2CCC(C2)C1C(=O)N1CCN(CC(=O)N2CCCCCC2)CC1. The Balaban J connectivity index is 1.25. The lowest BCUT2D eigenvalue weighted by Gasteiger charge is -2.38. The third-order valence-corrected chi connectivity index (χ3v) is 7.27. The molecular weight excluding hydrogens is 328 g/mol. The first kappa shape index (κ1) is 18.2. The van der Waals surface area contributed by atoms with Crippen molar-refractivity contribution in [2.45, 2.75) is 51.0 Å². The molecule has 4 atom stereocenters. The number of amides is 2. The molecule has 0 aromatic heterocycles. The van der Waals surface area contributed by atoms with Crippen LogP contribution in [0.15, 0.2) is 0 Å². The van der Waals surface area contributed by atoms with Gasteiger partial charge in [-0.2, -0.15) is 0 Å². The minimum absolute atomic E-state index is 0.0547. The number of piperazine rings is 1. The molecule has 4 rings (SSSR count). The molecule has 4 unspecified atom stereocenters. The van der Waals surface area contributed by atoms with Crippen molar-refractivity contribution in [3.63, 3.8) is 0 Å². The number of hydrogen-bond donors (Lipinski definition) is 1. The average Bonchev–Trinajstić information content (AvgIpc) is 3.12. The van der Waals surface area contributed by atoms with Crippen molar-refractivity contribution >= 4 is 11.8 Å². The van der Waals surface area contributed by atoms with Crippen LogP contribution in [-0.2, 0) is 9.59 Å². The van der Waals surface area contributed by atoms with Crippen molar-refractivity contribution in [1.29, 1.82) is 0 Å². The van der Waals surface area contributed by atoms with E-state index in [1.54, 1.807) is 0 Å². The topological polar surface area (TPSA) is 69.9 Å². The summed E-state index contributed by atoms with van der Waals surface area (Å²) in [5.41, 5.74) is 6.35. The highest BCUT2D eigenvalue weighted by molar-refractivity contribution is 5.81. The molecule has 2 N–H and O–H groups in total. The van der Waals surface area contributed by atoms with Gasteiger partial charge in [-0.25, -0.2) is 0 Å². The second-order valence-corrected chi connectivity index (χ2v) is 8.83. The fourth-order valence-electron chi connectivity index (χ4n) is 5.65. The van der Waals surface area contributed by atoms with Gasteiger partial charge >= 0.3 is 0 Å². The minimum atomic E-state index is 0.0547. The molecule has 6 heteroatoms. The van der Waals surface area contributed by atoms with Crippen LogP contribution in [0.1, 0.15) is 44.9 Å².